The molecule has 0 unspecified atom stereocenters. The van der Waals surface area contributed by atoms with E-state index in [1.807, 2.05) is 60.7 Å². The Morgan fingerprint density at radius 2 is 1.74 bits per heavy atom. The SMILES string of the molecule is O=C(O)C[C@]1(c2ccc(-c3ccc(-c4nnn(-c5ccccc5)n4)cc3)s2)CCCCS1(=O)=O. The molecule has 8 nitrogen and oxygen atoms in total. The molecule has 0 radical (unpaired) electrons. The lowest BCUT2D eigenvalue weighted by atomic mass is 9.95. The summed E-state index contributed by atoms with van der Waals surface area (Å²) >= 11 is 1.35. The van der Waals surface area contributed by atoms with Gasteiger partial charge in [0.1, 0.15) is 4.75 Å². The molecular formula is C24H22N4O4S2. The molecule has 0 amide bonds. The van der Waals surface area contributed by atoms with Gasteiger partial charge < -0.3 is 5.11 Å². The third-order valence-electron chi connectivity index (χ3n) is 6.16. The third-order valence-corrected chi connectivity index (χ3v) is 10.2. The summed E-state index contributed by atoms with van der Waals surface area (Å²) in [5.74, 6) is -0.574. The number of thiophene rings is 1. The van der Waals surface area contributed by atoms with Crippen LogP contribution in [0.1, 0.15) is 30.6 Å². The normalized spacial score (nSPS) is 19.6. The fraction of sp³-hybridized carbons (Fsp3) is 0.250. The Bertz CT molecular complexity index is 1430. The Balaban J connectivity index is 1.43. The highest BCUT2D eigenvalue weighted by Crippen LogP contribution is 2.47. The van der Waals surface area contributed by atoms with Crippen LogP contribution in [0.3, 0.4) is 0 Å². The van der Waals surface area contributed by atoms with E-state index in [0.29, 0.717) is 30.0 Å². The smallest absolute Gasteiger partial charge is 0.305 e. The molecule has 0 bridgehead atoms. The van der Waals surface area contributed by atoms with E-state index in [9.17, 15) is 18.3 Å². The Labute approximate surface area is 200 Å². The highest BCUT2D eigenvalue weighted by Gasteiger charge is 2.49. The molecule has 34 heavy (non-hydrogen) atoms. The van der Waals surface area contributed by atoms with Gasteiger partial charge in [0.2, 0.25) is 5.82 Å². The number of rotatable bonds is 6. The van der Waals surface area contributed by atoms with E-state index < -0.39 is 27.0 Å². The molecule has 0 spiro atoms. The molecule has 174 valence electrons. The largest absolute Gasteiger partial charge is 0.481 e. The number of para-hydroxylation sites is 1. The Hall–Kier alpha value is -3.37. The summed E-state index contributed by atoms with van der Waals surface area (Å²) in [6.07, 6.45) is 1.21. The predicted octanol–water partition coefficient (Wildman–Crippen LogP) is 4.33. The number of carboxylic acids is 1. The van der Waals surface area contributed by atoms with Crippen molar-refractivity contribution in [1.82, 2.24) is 20.2 Å². The van der Waals surface area contributed by atoms with Gasteiger partial charge in [-0.1, -0.05) is 48.9 Å². The average Bonchev–Trinajstić information content (AvgIpc) is 3.52. The van der Waals surface area contributed by atoms with Gasteiger partial charge in [0.05, 0.1) is 17.9 Å². The zero-order valence-electron chi connectivity index (χ0n) is 18.2. The van der Waals surface area contributed by atoms with Crippen LogP contribution in [-0.2, 0) is 19.4 Å². The van der Waals surface area contributed by atoms with Crippen LogP contribution in [0.5, 0.6) is 0 Å². The zero-order valence-corrected chi connectivity index (χ0v) is 19.8. The maximum absolute atomic E-state index is 13.0. The van der Waals surface area contributed by atoms with Gasteiger partial charge in [0.25, 0.3) is 0 Å². The highest BCUT2D eigenvalue weighted by molar-refractivity contribution is 7.92. The lowest BCUT2D eigenvalue weighted by Gasteiger charge is -2.34. The minimum Gasteiger partial charge on any atom is -0.481 e. The number of benzene rings is 2. The topological polar surface area (TPSA) is 115 Å². The second-order valence-corrected chi connectivity index (χ2v) is 11.8. The molecule has 0 saturated carbocycles. The van der Waals surface area contributed by atoms with Crippen LogP contribution in [0.2, 0.25) is 0 Å². The minimum atomic E-state index is -3.56. The van der Waals surface area contributed by atoms with Crippen molar-refractivity contribution in [1.29, 1.82) is 0 Å². The first-order valence-electron chi connectivity index (χ1n) is 10.9. The average molecular weight is 495 g/mol. The molecule has 1 aliphatic rings. The first-order chi connectivity index (χ1) is 16.4. The van der Waals surface area contributed by atoms with E-state index in [1.54, 1.807) is 6.07 Å². The molecule has 1 N–H and O–H groups in total. The number of carboxylic acid groups (broad SMARTS) is 1. The van der Waals surface area contributed by atoms with Crippen LogP contribution in [0, 0.1) is 0 Å². The maximum atomic E-state index is 13.0. The summed E-state index contributed by atoms with van der Waals surface area (Å²) in [6, 6.07) is 20.8. The Kier molecular flexibility index (Phi) is 5.78. The number of hydrogen-bond acceptors (Lipinski definition) is 7. The number of carbonyl (C=O) groups is 1. The van der Waals surface area contributed by atoms with Gasteiger partial charge in [0, 0.05) is 15.3 Å². The van der Waals surface area contributed by atoms with Gasteiger partial charge in [-0.25, -0.2) is 8.42 Å². The van der Waals surface area contributed by atoms with Crippen LogP contribution in [-0.4, -0.2) is 45.5 Å². The molecule has 1 aliphatic heterocycles. The van der Waals surface area contributed by atoms with Crippen molar-refractivity contribution in [3.8, 4) is 27.5 Å². The van der Waals surface area contributed by atoms with E-state index in [4.69, 9.17) is 0 Å². The van der Waals surface area contributed by atoms with Gasteiger partial charge in [-0.2, -0.15) is 0 Å². The van der Waals surface area contributed by atoms with Gasteiger partial charge in [0.15, 0.2) is 9.84 Å². The van der Waals surface area contributed by atoms with Crippen molar-refractivity contribution in [3.63, 3.8) is 0 Å². The molecule has 5 rings (SSSR count). The predicted molar refractivity (Wildman–Crippen MR) is 129 cm³/mol. The van der Waals surface area contributed by atoms with Crippen molar-refractivity contribution < 1.29 is 18.3 Å². The Morgan fingerprint density at radius 3 is 2.44 bits per heavy atom. The van der Waals surface area contributed by atoms with Crippen molar-refractivity contribution in [3.05, 3.63) is 71.6 Å². The van der Waals surface area contributed by atoms with Crippen LogP contribution in [0.25, 0.3) is 27.5 Å². The van der Waals surface area contributed by atoms with Crippen LogP contribution < -0.4 is 0 Å². The van der Waals surface area contributed by atoms with E-state index in [0.717, 1.165) is 21.7 Å². The highest BCUT2D eigenvalue weighted by atomic mass is 32.2. The number of nitrogens with zero attached hydrogens (tertiary/aromatic N) is 4. The number of sulfone groups is 1. The summed E-state index contributed by atoms with van der Waals surface area (Å²) < 4.78 is 24.7. The number of hydrogen-bond donors (Lipinski definition) is 1. The van der Waals surface area contributed by atoms with E-state index in [2.05, 4.69) is 15.4 Å². The maximum Gasteiger partial charge on any atom is 0.305 e. The van der Waals surface area contributed by atoms with Gasteiger partial charge >= 0.3 is 5.97 Å². The summed E-state index contributed by atoms with van der Waals surface area (Å²) in [6.45, 7) is 0. The van der Waals surface area contributed by atoms with Crippen LogP contribution in [0.4, 0.5) is 0 Å². The summed E-state index contributed by atoms with van der Waals surface area (Å²) in [5, 5.41) is 22.2. The zero-order chi connectivity index (χ0) is 23.8. The molecule has 1 atom stereocenters. The van der Waals surface area contributed by atoms with E-state index >= 15 is 0 Å². The first-order valence-corrected chi connectivity index (χ1v) is 13.4. The molecule has 10 heteroatoms. The molecule has 0 aliphatic carbocycles. The second kappa shape index (κ2) is 8.77. The Morgan fingerprint density at radius 1 is 1.00 bits per heavy atom. The van der Waals surface area contributed by atoms with Gasteiger partial charge in [-0.3, -0.25) is 4.79 Å². The second-order valence-electron chi connectivity index (χ2n) is 8.32. The summed E-state index contributed by atoms with van der Waals surface area (Å²) in [4.78, 5) is 14.6. The molecule has 1 saturated heterocycles. The molecule has 4 aromatic rings. The molecule has 2 aromatic heterocycles. The van der Waals surface area contributed by atoms with Crippen molar-refractivity contribution in [2.45, 2.75) is 30.4 Å². The van der Waals surface area contributed by atoms with Crippen LogP contribution >= 0.6 is 11.3 Å². The van der Waals surface area contributed by atoms with Gasteiger partial charge in [-0.15, -0.1) is 26.3 Å². The van der Waals surface area contributed by atoms with E-state index in [-0.39, 0.29) is 5.75 Å². The summed E-state index contributed by atoms with van der Waals surface area (Å²) in [7, 11) is -3.56. The van der Waals surface area contributed by atoms with Crippen LogP contribution in [0.15, 0.2) is 66.7 Å². The van der Waals surface area contributed by atoms with Crippen molar-refractivity contribution >= 4 is 27.1 Å². The monoisotopic (exact) mass is 494 g/mol. The lowest BCUT2D eigenvalue weighted by Crippen LogP contribution is -2.41. The standard InChI is InChI=1S/C24H22N4O4S2/c29-22(30)16-24(14-4-5-15-34(24,31)32)21-13-12-20(33-21)17-8-10-18(11-9-17)23-25-27-28(26-23)19-6-2-1-3-7-19/h1-3,6-13H,4-5,14-16H2,(H,29,30)/t24-/m0/s1. The van der Waals surface area contributed by atoms with Gasteiger partial charge in [-0.05, 0) is 47.9 Å². The quantitative estimate of drug-likeness (QED) is 0.424. The molecular weight excluding hydrogens is 472 g/mol. The minimum absolute atomic E-state index is 0.0267. The molecule has 3 heterocycles. The lowest BCUT2D eigenvalue weighted by molar-refractivity contribution is -0.137. The molecule has 1 fully saturated rings. The summed E-state index contributed by atoms with van der Waals surface area (Å²) in [5.41, 5.74) is 2.53. The molecule has 2 aromatic carbocycles. The van der Waals surface area contributed by atoms with Crippen molar-refractivity contribution in [2.75, 3.05) is 5.75 Å². The van der Waals surface area contributed by atoms with Crippen molar-refractivity contribution in [2.24, 2.45) is 0 Å². The third kappa shape index (κ3) is 4.03. The first kappa shape index (κ1) is 22.4. The fourth-order valence-corrected chi connectivity index (χ4v) is 8.16. The van der Waals surface area contributed by atoms with E-state index in [1.165, 1.54) is 16.1 Å². The number of aromatic nitrogens is 4. The fourth-order valence-electron chi connectivity index (χ4n) is 4.38. The number of aliphatic carboxylic acids is 1. The number of tetrazole rings is 1.